The molecule has 0 aliphatic heterocycles. The average molecular weight is 1550 g/mol. The third kappa shape index (κ3) is 78.5. The number of phosphoric acid groups is 2. The van der Waals surface area contributed by atoms with E-state index in [0.29, 0.717) is 25.7 Å². The maximum Gasteiger partial charge on any atom is 0.472 e. The van der Waals surface area contributed by atoms with Gasteiger partial charge < -0.3 is 33.8 Å². The van der Waals surface area contributed by atoms with E-state index in [1.807, 2.05) is 0 Å². The highest BCUT2D eigenvalue weighted by Gasteiger charge is 2.30. The lowest BCUT2D eigenvalue weighted by Gasteiger charge is -2.21. The number of hydrogen-bond donors (Lipinski definition) is 3. The van der Waals surface area contributed by atoms with E-state index in [0.717, 1.165) is 231 Å². The van der Waals surface area contributed by atoms with E-state index in [1.54, 1.807) is 0 Å². The van der Waals surface area contributed by atoms with Gasteiger partial charge in [0.2, 0.25) is 0 Å². The van der Waals surface area contributed by atoms with Gasteiger partial charge in [-0.2, -0.15) is 0 Å². The van der Waals surface area contributed by atoms with Crippen LogP contribution < -0.4 is 0 Å². The van der Waals surface area contributed by atoms with Gasteiger partial charge in [0.05, 0.1) is 26.4 Å². The van der Waals surface area contributed by atoms with Crippen LogP contribution >= 0.6 is 15.6 Å². The largest absolute Gasteiger partial charge is 0.472 e. The molecule has 5 atom stereocenters. The quantitative estimate of drug-likeness (QED) is 0.0169. The average Bonchev–Trinajstić information content (AvgIpc) is 0.880. The van der Waals surface area contributed by atoms with Gasteiger partial charge >= 0.3 is 39.5 Å². The number of carbonyl (C=O) groups excluding carboxylic acids is 4. The smallest absolute Gasteiger partial charge is 0.462 e. The molecule has 0 fully saturated rings. The topological polar surface area (TPSA) is 237 Å². The van der Waals surface area contributed by atoms with E-state index < -0.39 is 97.5 Å². The lowest BCUT2D eigenvalue weighted by molar-refractivity contribution is -0.161. The molecule has 0 aliphatic carbocycles. The SMILES string of the molecule is CC/C=C\C/C=C\C/C=C\C/C=C\CCCCCCC(=O)OCC(COP(=O)(O)OCC(O)COP(=O)(O)OCC(COC(=O)CCCCCCCCC/C=C\C/C=C\C/C=C\CC)OC(=O)CCCCCCCCC/C=C\C/C=C\C/C=C\CC)OC(=O)CCCCCC/C=C\C/C=C\C/C=C\C/C=C\CC. The summed E-state index contributed by atoms with van der Waals surface area (Å²) in [6.07, 6.45) is 94.6. The molecule has 0 aromatic heterocycles. The van der Waals surface area contributed by atoms with Gasteiger partial charge in [-0.3, -0.25) is 37.3 Å². The molecule has 0 rings (SSSR count). The van der Waals surface area contributed by atoms with Crippen LogP contribution in [0.25, 0.3) is 0 Å². The highest BCUT2D eigenvalue weighted by Crippen LogP contribution is 2.45. The molecule has 0 bridgehead atoms. The Morgan fingerprint density at radius 3 is 0.694 bits per heavy atom. The maximum absolute atomic E-state index is 13.1. The van der Waals surface area contributed by atoms with Crippen LogP contribution in [0.5, 0.6) is 0 Å². The highest BCUT2D eigenvalue weighted by molar-refractivity contribution is 7.47. The zero-order valence-corrected chi connectivity index (χ0v) is 69.0. The number of rotatable bonds is 76. The fourth-order valence-electron chi connectivity index (χ4n) is 10.5. The van der Waals surface area contributed by atoms with Crippen molar-refractivity contribution in [2.75, 3.05) is 39.6 Å². The van der Waals surface area contributed by atoms with E-state index in [9.17, 15) is 43.2 Å². The Bertz CT molecular complexity index is 2710. The molecule has 614 valence electrons. The second kappa shape index (κ2) is 79.5. The summed E-state index contributed by atoms with van der Waals surface area (Å²) in [5.74, 6) is -2.26. The monoisotopic (exact) mass is 1550 g/mol. The summed E-state index contributed by atoms with van der Waals surface area (Å²) in [4.78, 5) is 73.2. The number of phosphoric ester groups is 2. The normalized spacial score (nSPS) is 14.7. The van der Waals surface area contributed by atoms with Crippen LogP contribution in [0.15, 0.2) is 170 Å². The molecule has 0 aliphatic rings. The Balaban J connectivity index is 5.45. The van der Waals surface area contributed by atoms with Crippen LogP contribution in [0.1, 0.15) is 310 Å². The van der Waals surface area contributed by atoms with Crippen LogP contribution in [-0.2, 0) is 65.4 Å². The predicted molar refractivity (Wildman–Crippen MR) is 445 cm³/mol. The minimum Gasteiger partial charge on any atom is -0.462 e. The number of aliphatic hydroxyl groups is 1. The number of allylic oxidation sites excluding steroid dienone is 28. The van der Waals surface area contributed by atoms with Gasteiger partial charge in [-0.15, -0.1) is 0 Å². The molecule has 0 saturated heterocycles. The van der Waals surface area contributed by atoms with Gasteiger partial charge in [0, 0.05) is 25.7 Å². The molecule has 0 aromatic rings. The summed E-state index contributed by atoms with van der Waals surface area (Å²) >= 11 is 0. The molecule has 0 saturated carbocycles. The third-order valence-corrected chi connectivity index (χ3v) is 18.6. The molecular weight excluding hydrogens is 1400 g/mol. The fraction of sp³-hybridized carbons (Fsp3) is 0.640. The van der Waals surface area contributed by atoms with Crippen molar-refractivity contribution in [2.45, 2.75) is 329 Å². The second-order valence-corrected chi connectivity index (χ2v) is 29.8. The number of hydrogen-bond acceptors (Lipinski definition) is 15. The summed E-state index contributed by atoms with van der Waals surface area (Å²) in [5.41, 5.74) is 0. The molecule has 17 nitrogen and oxygen atoms in total. The Morgan fingerprint density at radius 2 is 0.454 bits per heavy atom. The summed E-state index contributed by atoms with van der Waals surface area (Å²) in [5, 5.41) is 10.7. The van der Waals surface area contributed by atoms with Crippen molar-refractivity contribution in [1.29, 1.82) is 0 Å². The van der Waals surface area contributed by atoms with Crippen molar-refractivity contribution in [1.82, 2.24) is 0 Å². The lowest BCUT2D eigenvalue weighted by Crippen LogP contribution is -2.30. The Labute approximate surface area is 654 Å². The number of aliphatic hydroxyl groups excluding tert-OH is 1. The number of unbranched alkanes of at least 4 members (excludes halogenated alkanes) is 22. The molecular formula is C89H146O17P2. The van der Waals surface area contributed by atoms with Crippen molar-refractivity contribution in [2.24, 2.45) is 0 Å². The minimum atomic E-state index is -5.00. The van der Waals surface area contributed by atoms with E-state index >= 15 is 0 Å². The summed E-state index contributed by atoms with van der Waals surface area (Å²) < 4.78 is 68.7. The van der Waals surface area contributed by atoms with E-state index in [1.165, 1.54) is 0 Å². The van der Waals surface area contributed by atoms with E-state index in [4.69, 9.17) is 37.0 Å². The van der Waals surface area contributed by atoms with Crippen molar-refractivity contribution >= 4 is 39.5 Å². The second-order valence-electron chi connectivity index (χ2n) is 26.9. The van der Waals surface area contributed by atoms with Crippen molar-refractivity contribution in [3.05, 3.63) is 170 Å². The van der Waals surface area contributed by atoms with Crippen molar-refractivity contribution < 1.29 is 80.2 Å². The summed E-state index contributed by atoms with van der Waals surface area (Å²) in [7, 11) is -10.00. The van der Waals surface area contributed by atoms with Crippen LogP contribution in [0.2, 0.25) is 0 Å². The Morgan fingerprint density at radius 1 is 0.259 bits per heavy atom. The van der Waals surface area contributed by atoms with Crippen molar-refractivity contribution in [3.63, 3.8) is 0 Å². The molecule has 0 spiro atoms. The molecule has 5 unspecified atom stereocenters. The Hall–Kier alpha value is -5.58. The molecule has 0 aromatic carbocycles. The molecule has 3 N–H and O–H groups in total. The van der Waals surface area contributed by atoms with Crippen LogP contribution in [-0.4, -0.2) is 96.7 Å². The highest BCUT2D eigenvalue weighted by atomic mass is 31.2. The molecule has 108 heavy (non-hydrogen) atoms. The fourth-order valence-corrected chi connectivity index (χ4v) is 12.1. The molecule has 0 heterocycles. The summed E-state index contributed by atoms with van der Waals surface area (Å²) in [6, 6.07) is 0. The minimum absolute atomic E-state index is 0.0553. The zero-order valence-electron chi connectivity index (χ0n) is 67.2. The van der Waals surface area contributed by atoms with E-state index in [2.05, 4.69) is 198 Å². The van der Waals surface area contributed by atoms with Gasteiger partial charge in [0.25, 0.3) is 0 Å². The van der Waals surface area contributed by atoms with Gasteiger partial charge in [0.1, 0.15) is 19.3 Å². The first kappa shape index (κ1) is 102. The van der Waals surface area contributed by atoms with Crippen LogP contribution in [0, 0.1) is 0 Å². The van der Waals surface area contributed by atoms with Crippen LogP contribution in [0.4, 0.5) is 0 Å². The number of esters is 4. The van der Waals surface area contributed by atoms with Gasteiger partial charge in [-0.25, -0.2) is 9.13 Å². The predicted octanol–water partition coefficient (Wildman–Crippen LogP) is 24.6. The lowest BCUT2D eigenvalue weighted by atomic mass is 10.1. The first-order chi connectivity index (χ1) is 52.7. The number of carbonyl (C=O) groups is 4. The van der Waals surface area contributed by atoms with Crippen molar-refractivity contribution in [3.8, 4) is 0 Å². The molecule has 0 amide bonds. The zero-order chi connectivity index (χ0) is 78.9. The molecule has 19 heteroatoms. The van der Waals surface area contributed by atoms with E-state index in [-0.39, 0.29) is 25.7 Å². The van der Waals surface area contributed by atoms with Crippen LogP contribution in [0.3, 0.4) is 0 Å². The first-order valence-electron chi connectivity index (χ1n) is 41.4. The first-order valence-corrected chi connectivity index (χ1v) is 44.4. The summed E-state index contributed by atoms with van der Waals surface area (Å²) in [6.45, 7) is 4.36. The van der Waals surface area contributed by atoms with Gasteiger partial charge in [-0.05, 0) is 167 Å². The van der Waals surface area contributed by atoms with Gasteiger partial charge in [-0.1, -0.05) is 288 Å². The standard InChI is InChI=1S/C89H146O17P2/c1-5-9-13-17-21-25-29-33-37-41-45-49-53-57-61-65-69-73-86(91)99-79-84(105-88(93)75-71-67-63-59-55-51-47-43-39-35-31-27-23-19-15-11-7-3)81-103-107(95,96)101-77-83(90)78-102-108(97,98)104-82-85(106-89(94)76-72-68-64-60-56-52-48-44-40-36-32-28-24-20-16-12-8-4)80-100-87(92)74-70-66-62-58-54-50-46-42-38-34-30-26-22-18-14-10-6-2/h9-16,21-28,33-40,45,47,49,51,83-85,90H,5-8,17-20,29-32,41-44,46,48,50,52-82H2,1-4H3,(H,95,96)(H,97,98)/b13-9-,14-10-,15-11-,16-12-,25-21-,26-22-,27-23-,28-24-,37-33-,38-34-,39-35-,40-36-,49-45-,51-47-. The molecule has 0 radical (unpaired) electrons. The van der Waals surface area contributed by atoms with Gasteiger partial charge in [0.15, 0.2) is 12.2 Å². The number of ether oxygens (including phenoxy) is 4. The Kier molecular flexibility index (Phi) is 75.4. The third-order valence-electron chi connectivity index (χ3n) is 16.7. The maximum atomic E-state index is 13.1.